The molecule has 2 N–H and O–H groups in total. The fourth-order valence-electron chi connectivity index (χ4n) is 3.77. The maximum absolute atomic E-state index is 11.8. The number of ether oxygens (including phenoxy) is 1. The van der Waals surface area contributed by atoms with Gasteiger partial charge in [0.05, 0.1) is 19.2 Å². The molecule has 0 aromatic rings. The summed E-state index contributed by atoms with van der Waals surface area (Å²) in [4.78, 5) is 21.6. The van der Waals surface area contributed by atoms with Crippen molar-refractivity contribution in [1.29, 1.82) is 0 Å². The van der Waals surface area contributed by atoms with Crippen molar-refractivity contribution in [3.05, 3.63) is 0 Å². The fourth-order valence-corrected chi connectivity index (χ4v) is 3.77. The molecular weight excluding hydrogens is 342 g/mol. The van der Waals surface area contributed by atoms with Gasteiger partial charge in [0.2, 0.25) is 0 Å². The van der Waals surface area contributed by atoms with E-state index in [1.54, 1.807) is 0 Å². The standard InChI is InChI=1S/C20H39N5O2/c1-5-21-19(25-12-11-16(15-25)14-24(6-2)7-3)22-13-18(17-9-10-17)23-20(26)27-8-4/h16-18H,5-15H2,1-4H3,(H,21,22)(H,23,26). The second-order valence-electron chi connectivity index (χ2n) is 7.59. The number of likely N-dealkylation sites (tertiary alicyclic amines) is 1. The number of nitrogens with zero attached hydrogens (tertiary/aromatic N) is 3. The lowest BCUT2D eigenvalue weighted by Crippen LogP contribution is -2.43. The molecule has 2 fully saturated rings. The largest absolute Gasteiger partial charge is 0.450 e. The molecule has 1 amide bonds. The van der Waals surface area contributed by atoms with Crippen LogP contribution in [-0.2, 0) is 4.74 Å². The van der Waals surface area contributed by atoms with Crippen molar-refractivity contribution >= 4 is 12.1 Å². The average Bonchev–Trinajstić information content (AvgIpc) is 3.41. The summed E-state index contributed by atoms with van der Waals surface area (Å²) >= 11 is 0. The summed E-state index contributed by atoms with van der Waals surface area (Å²) in [5, 5.41) is 6.43. The summed E-state index contributed by atoms with van der Waals surface area (Å²) in [7, 11) is 0. The van der Waals surface area contributed by atoms with Crippen molar-refractivity contribution in [3.8, 4) is 0 Å². The van der Waals surface area contributed by atoms with E-state index in [0.717, 1.165) is 45.2 Å². The molecule has 2 rings (SSSR count). The molecule has 7 heteroatoms. The normalized spacial score (nSPS) is 21.4. The van der Waals surface area contributed by atoms with E-state index < -0.39 is 0 Å². The van der Waals surface area contributed by atoms with Crippen LogP contribution in [0.25, 0.3) is 0 Å². The number of aliphatic imine (C=N–C) groups is 1. The second kappa shape index (κ2) is 11.4. The molecule has 2 atom stereocenters. The second-order valence-corrected chi connectivity index (χ2v) is 7.59. The monoisotopic (exact) mass is 381 g/mol. The number of hydrogen-bond acceptors (Lipinski definition) is 4. The molecule has 7 nitrogen and oxygen atoms in total. The molecule has 2 unspecified atom stereocenters. The van der Waals surface area contributed by atoms with Crippen LogP contribution in [-0.4, -0.2) is 80.3 Å². The highest BCUT2D eigenvalue weighted by molar-refractivity contribution is 5.80. The predicted octanol–water partition coefficient (Wildman–Crippen LogP) is 2.14. The molecule has 0 bridgehead atoms. The zero-order valence-corrected chi connectivity index (χ0v) is 17.7. The van der Waals surface area contributed by atoms with Crippen LogP contribution < -0.4 is 10.6 Å². The van der Waals surface area contributed by atoms with Gasteiger partial charge in [-0.05, 0) is 58.0 Å². The number of nitrogens with one attached hydrogen (secondary N) is 2. The molecule has 1 saturated heterocycles. The predicted molar refractivity (Wildman–Crippen MR) is 110 cm³/mol. The van der Waals surface area contributed by atoms with Crippen LogP contribution in [0.5, 0.6) is 0 Å². The quantitative estimate of drug-likeness (QED) is 0.448. The number of guanidine groups is 1. The van der Waals surface area contributed by atoms with E-state index in [1.165, 1.54) is 19.3 Å². The highest BCUT2D eigenvalue weighted by Gasteiger charge is 2.33. The van der Waals surface area contributed by atoms with Gasteiger partial charge in [-0.1, -0.05) is 13.8 Å². The van der Waals surface area contributed by atoms with Crippen LogP contribution >= 0.6 is 0 Å². The van der Waals surface area contributed by atoms with Gasteiger partial charge in [0.25, 0.3) is 0 Å². The fraction of sp³-hybridized carbons (Fsp3) is 0.900. The maximum atomic E-state index is 11.8. The minimum atomic E-state index is -0.324. The SMILES string of the molecule is CCNC(=NCC(NC(=O)OCC)C1CC1)N1CCC(CN(CC)CC)C1. The van der Waals surface area contributed by atoms with Crippen molar-refractivity contribution in [2.75, 3.05) is 52.4 Å². The van der Waals surface area contributed by atoms with Crippen molar-refractivity contribution in [3.63, 3.8) is 0 Å². The summed E-state index contributed by atoms with van der Waals surface area (Å²) < 4.78 is 5.05. The maximum Gasteiger partial charge on any atom is 0.407 e. The Morgan fingerprint density at radius 2 is 1.96 bits per heavy atom. The van der Waals surface area contributed by atoms with E-state index in [2.05, 4.69) is 41.2 Å². The van der Waals surface area contributed by atoms with E-state index in [4.69, 9.17) is 9.73 Å². The Balaban J connectivity index is 1.91. The van der Waals surface area contributed by atoms with E-state index in [0.29, 0.717) is 25.0 Å². The highest BCUT2D eigenvalue weighted by atomic mass is 16.5. The van der Waals surface area contributed by atoms with Gasteiger partial charge in [-0.3, -0.25) is 4.99 Å². The van der Waals surface area contributed by atoms with Gasteiger partial charge in [0, 0.05) is 26.2 Å². The molecule has 27 heavy (non-hydrogen) atoms. The first-order valence-corrected chi connectivity index (χ1v) is 10.8. The third-order valence-electron chi connectivity index (χ3n) is 5.54. The van der Waals surface area contributed by atoms with Gasteiger partial charge in [-0.25, -0.2) is 4.79 Å². The first-order chi connectivity index (χ1) is 13.1. The van der Waals surface area contributed by atoms with Crippen LogP contribution in [0.1, 0.15) is 47.0 Å². The third-order valence-corrected chi connectivity index (χ3v) is 5.54. The minimum absolute atomic E-state index is 0.0757. The Morgan fingerprint density at radius 1 is 1.22 bits per heavy atom. The summed E-state index contributed by atoms with van der Waals surface area (Å²) in [6.07, 6.45) is 3.22. The molecule has 0 radical (unpaired) electrons. The molecular formula is C20H39N5O2. The number of rotatable bonds is 10. The highest BCUT2D eigenvalue weighted by Crippen LogP contribution is 2.33. The molecule has 0 aromatic heterocycles. The van der Waals surface area contributed by atoms with E-state index >= 15 is 0 Å². The van der Waals surface area contributed by atoms with Crippen molar-refractivity contribution < 1.29 is 9.53 Å². The molecule has 1 aliphatic carbocycles. The number of alkyl carbamates (subject to hydrolysis) is 1. The number of hydrogen-bond donors (Lipinski definition) is 2. The summed E-state index contributed by atoms with van der Waals surface area (Å²) in [5.74, 6) is 2.22. The van der Waals surface area contributed by atoms with Crippen molar-refractivity contribution in [2.24, 2.45) is 16.8 Å². The minimum Gasteiger partial charge on any atom is -0.450 e. The Kier molecular flexibility index (Phi) is 9.18. The summed E-state index contributed by atoms with van der Waals surface area (Å²) in [5.41, 5.74) is 0. The lowest BCUT2D eigenvalue weighted by atomic mass is 10.1. The van der Waals surface area contributed by atoms with Gasteiger partial charge in [0.15, 0.2) is 5.96 Å². The molecule has 0 spiro atoms. The zero-order chi connectivity index (χ0) is 19.6. The third kappa shape index (κ3) is 7.20. The van der Waals surface area contributed by atoms with Crippen molar-refractivity contribution in [1.82, 2.24) is 20.4 Å². The van der Waals surface area contributed by atoms with Gasteiger partial charge in [-0.2, -0.15) is 0 Å². The Labute approximate surface area is 164 Å². The van der Waals surface area contributed by atoms with E-state index in [-0.39, 0.29) is 12.1 Å². The smallest absolute Gasteiger partial charge is 0.407 e. The number of amides is 1. The zero-order valence-electron chi connectivity index (χ0n) is 17.7. The Bertz CT molecular complexity index is 477. The van der Waals surface area contributed by atoms with E-state index in [9.17, 15) is 4.79 Å². The van der Waals surface area contributed by atoms with Gasteiger partial charge < -0.3 is 25.2 Å². The Morgan fingerprint density at radius 3 is 2.56 bits per heavy atom. The first-order valence-electron chi connectivity index (χ1n) is 10.8. The van der Waals surface area contributed by atoms with Gasteiger partial charge >= 0.3 is 6.09 Å². The Hall–Kier alpha value is -1.50. The van der Waals surface area contributed by atoms with Crippen LogP contribution in [0.2, 0.25) is 0 Å². The molecule has 156 valence electrons. The average molecular weight is 382 g/mol. The van der Waals surface area contributed by atoms with Crippen LogP contribution in [0.3, 0.4) is 0 Å². The first kappa shape index (κ1) is 21.8. The van der Waals surface area contributed by atoms with Crippen molar-refractivity contribution in [2.45, 2.75) is 53.0 Å². The lowest BCUT2D eigenvalue weighted by Gasteiger charge is -2.25. The summed E-state index contributed by atoms with van der Waals surface area (Å²) in [6.45, 7) is 15.8. The molecule has 1 saturated carbocycles. The van der Waals surface area contributed by atoms with Crippen LogP contribution in [0, 0.1) is 11.8 Å². The number of carbonyl (C=O) groups is 1. The molecule has 1 heterocycles. The molecule has 2 aliphatic rings. The van der Waals surface area contributed by atoms with Gasteiger partial charge in [0.1, 0.15) is 0 Å². The van der Waals surface area contributed by atoms with Gasteiger partial charge in [-0.15, -0.1) is 0 Å². The van der Waals surface area contributed by atoms with E-state index in [1.807, 2.05) is 6.92 Å². The number of carbonyl (C=O) groups excluding carboxylic acids is 1. The molecule has 0 aromatic carbocycles. The van der Waals surface area contributed by atoms with Crippen LogP contribution in [0.15, 0.2) is 4.99 Å². The van der Waals surface area contributed by atoms with Crippen LogP contribution in [0.4, 0.5) is 4.79 Å². The topological polar surface area (TPSA) is 69.2 Å². The summed E-state index contributed by atoms with van der Waals surface area (Å²) in [6, 6.07) is 0.0757. The molecule has 1 aliphatic heterocycles. The lowest BCUT2D eigenvalue weighted by molar-refractivity contribution is 0.147.